The maximum absolute atomic E-state index is 13.1. The molecule has 2 heterocycles. The molecule has 1 saturated heterocycles. The number of benzene rings is 2. The molecule has 0 spiro atoms. The molecule has 0 saturated carbocycles. The van der Waals surface area contributed by atoms with E-state index in [1.54, 1.807) is 23.1 Å². The number of nitriles is 1. The van der Waals surface area contributed by atoms with Crippen molar-refractivity contribution in [3.8, 4) is 17.6 Å². The zero-order valence-electron chi connectivity index (χ0n) is 17.0. The first-order valence-corrected chi connectivity index (χ1v) is 10.9. The van der Waals surface area contributed by atoms with Crippen LogP contribution in [0.15, 0.2) is 53.1 Å². The molecular formula is C23H23N3O3S. The third kappa shape index (κ3) is 3.59. The molecule has 1 fully saturated rings. The Hall–Kier alpha value is -3.11. The van der Waals surface area contributed by atoms with E-state index in [0.717, 1.165) is 21.8 Å². The second kappa shape index (κ2) is 8.33. The van der Waals surface area contributed by atoms with E-state index in [9.17, 15) is 15.2 Å². The van der Waals surface area contributed by atoms with Gasteiger partial charge in [0, 0.05) is 18.0 Å². The molecule has 0 aromatic heterocycles. The topological polar surface area (TPSA) is 76.8 Å². The summed E-state index contributed by atoms with van der Waals surface area (Å²) in [6.07, 6.45) is 0.213. The average Bonchev–Trinajstić information content (AvgIpc) is 2.75. The highest BCUT2D eigenvalue weighted by Crippen LogP contribution is 2.44. The van der Waals surface area contributed by atoms with E-state index in [1.165, 1.54) is 11.8 Å². The highest BCUT2D eigenvalue weighted by molar-refractivity contribution is 8.03. The van der Waals surface area contributed by atoms with Crippen LogP contribution in [0.5, 0.6) is 11.5 Å². The van der Waals surface area contributed by atoms with Crippen molar-refractivity contribution in [1.82, 2.24) is 4.90 Å². The van der Waals surface area contributed by atoms with Crippen LogP contribution in [0.4, 0.5) is 5.69 Å². The Morgan fingerprint density at radius 3 is 2.83 bits per heavy atom. The van der Waals surface area contributed by atoms with Crippen molar-refractivity contribution in [3.63, 3.8) is 0 Å². The molecule has 7 heteroatoms. The number of para-hydroxylation sites is 1. The number of thioether (sulfide) groups is 1. The van der Waals surface area contributed by atoms with Gasteiger partial charge in [0.2, 0.25) is 5.91 Å². The van der Waals surface area contributed by atoms with Gasteiger partial charge in [0.15, 0.2) is 11.5 Å². The lowest BCUT2D eigenvalue weighted by Crippen LogP contribution is -2.47. The zero-order valence-corrected chi connectivity index (χ0v) is 17.8. The third-order valence-corrected chi connectivity index (χ3v) is 6.59. The number of hydrogen-bond acceptors (Lipinski definition) is 6. The van der Waals surface area contributed by atoms with E-state index in [-0.39, 0.29) is 24.0 Å². The predicted octanol–water partition coefficient (Wildman–Crippen LogP) is 4.32. The zero-order chi connectivity index (χ0) is 21.3. The van der Waals surface area contributed by atoms with Crippen molar-refractivity contribution < 1.29 is 14.6 Å². The number of ether oxygens (including phenoxy) is 1. The van der Waals surface area contributed by atoms with Gasteiger partial charge < -0.3 is 14.7 Å². The van der Waals surface area contributed by atoms with Gasteiger partial charge in [-0.25, -0.2) is 0 Å². The number of nitrogens with zero attached hydrogens (tertiary/aromatic N) is 3. The van der Waals surface area contributed by atoms with Crippen LogP contribution in [0.25, 0.3) is 0 Å². The van der Waals surface area contributed by atoms with E-state index in [2.05, 4.69) is 30.0 Å². The molecule has 30 heavy (non-hydrogen) atoms. The van der Waals surface area contributed by atoms with Gasteiger partial charge in [0.25, 0.3) is 0 Å². The Morgan fingerprint density at radius 1 is 1.30 bits per heavy atom. The van der Waals surface area contributed by atoms with E-state index in [0.29, 0.717) is 30.5 Å². The maximum atomic E-state index is 13.1. The first-order valence-electron chi connectivity index (χ1n) is 9.87. The van der Waals surface area contributed by atoms with Gasteiger partial charge in [0.1, 0.15) is 0 Å². The summed E-state index contributed by atoms with van der Waals surface area (Å²) in [5.41, 5.74) is 3.64. The fourth-order valence-electron chi connectivity index (χ4n) is 3.94. The van der Waals surface area contributed by atoms with Gasteiger partial charge in [-0.2, -0.15) is 5.26 Å². The van der Waals surface area contributed by atoms with Gasteiger partial charge in [0.05, 0.1) is 35.8 Å². The number of aryl methyl sites for hydroxylation is 1. The number of phenols is 1. The number of hydrogen-bond donors (Lipinski definition) is 1. The SMILES string of the molecule is CCOc1cc(C2CC(=O)N3CN(c4ccccc4C)CSC3=C2C#N)ccc1O. The Bertz CT molecular complexity index is 1060. The number of amides is 1. The number of fused-ring (bicyclic) bond motifs is 1. The summed E-state index contributed by atoms with van der Waals surface area (Å²) in [6, 6.07) is 15.5. The van der Waals surface area contributed by atoms with Crippen LogP contribution in [-0.4, -0.2) is 35.1 Å². The van der Waals surface area contributed by atoms with Crippen molar-refractivity contribution in [1.29, 1.82) is 5.26 Å². The molecular weight excluding hydrogens is 398 g/mol. The Balaban J connectivity index is 1.67. The number of aromatic hydroxyl groups is 1. The molecule has 6 nitrogen and oxygen atoms in total. The highest BCUT2D eigenvalue weighted by atomic mass is 32.2. The molecule has 0 bridgehead atoms. The summed E-state index contributed by atoms with van der Waals surface area (Å²) in [5.74, 6) is 0.740. The second-order valence-corrected chi connectivity index (χ2v) is 8.24. The molecule has 0 aliphatic carbocycles. The smallest absolute Gasteiger partial charge is 0.229 e. The maximum Gasteiger partial charge on any atom is 0.229 e. The lowest BCUT2D eigenvalue weighted by molar-refractivity contribution is -0.129. The molecule has 1 amide bonds. The number of allylic oxidation sites excluding steroid dienone is 1. The Kier molecular flexibility index (Phi) is 5.60. The van der Waals surface area contributed by atoms with Gasteiger partial charge in [-0.1, -0.05) is 36.0 Å². The molecule has 2 aromatic carbocycles. The summed E-state index contributed by atoms with van der Waals surface area (Å²) < 4.78 is 5.49. The quantitative estimate of drug-likeness (QED) is 0.792. The molecule has 2 aliphatic heterocycles. The average molecular weight is 422 g/mol. The van der Waals surface area contributed by atoms with Crippen LogP contribution in [0.2, 0.25) is 0 Å². The van der Waals surface area contributed by atoms with E-state index in [4.69, 9.17) is 4.74 Å². The summed E-state index contributed by atoms with van der Waals surface area (Å²) in [7, 11) is 0. The van der Waals surface area contributed by atoms with Crippen LogP contribution >= 0.6 is 11.8 Å². The molecule has 2 aliphatic rings. The third-order valence-electron chi connectivity index (χ3n) is 5.44. The van der Waals surface area contributed by atoms with Gasteiger partial charge >= 0.3 is 0 Å². The van der Waals surface area contributed by atoms with Crippen molar-refractivity contribution in [2.75, 3.05) is 24.1 Å². The van der Waals surface area contributed by atoms with Crippen LogP contribution in [-0.2, 0) is 4.79 Å². The number of rotatable bonds is 4. The van der Waals surface area contributed by atoms with E-state index >= 15 is 0 Å². The summed E-state index contributed by atoms with van der Waals surface area (Å²) in [6.45, 7) is 4.76. The molecule has 0 radical (unpaired) electrons. The lowest BCUT2D eigenvalue weighted by Gasteiger charge is -2.42. The lowest BCUT2D eigenvalue weighted by atomic mass is 9.86. The fraction of sp³-hybridized carbons (Fsp3) is 0.304. The summed E-state index contributed by atoms with van der Waals surface area (Å²) >= 11 is 1.52. The van der Waals surface area contributed by atoms with Crippen molar-refractivity contribution in [2.24, 2.45) is 0 Å². The first kappa shape index (κ1) is 20.2. The van der Waals surface area contributed by atoms with Crippen molar-refractivity contribution in [3.05, 3.63) is 64.2 Å². The first-order chi connectivity index (χ1) is 14.5. The number of anilines is 1. The number of carbonyl (C=O) groups excluding carboxylic acids is 1. The highest BCUT2D eigenvalue weighted by Gasteiger charge is 2.38. The minimum absolute atomic E-state index is 0.00850. The van der Waals surface area contributed by atoms with Crippen molar-refractivity contribution >= 4 is 23.4 Å². The van der Waals surface area contributed by atoms with Gasteiger partial charge in [-0.05, 0) is 43.2 Å². The number of carbonyl (C=O) groups is 1. The minimum atomic E-state index is -0.342. The molecule has 2 aromatic rings. The standard InChI is InChI=1S/C23H23N3O3S/c1-3-29-21-10-16(8-9-20(21)27)17-11-22(28)26-13-25(14-30-23(26)18(17)12-24)19-7-5-4-6-15(19)2/h4-10,17,27H,3,11,13-14H2,1-2H3. The Morgan fingerprint density at radius 2 is 2.10 bits per heavy atom. The predicted molar refractivity (Wildman–Crippen MR) is 117 cm³/mol. The number of phenolic OH excluding ortho intramolecular Hbond substituents is 1. The van der Waals surface area contributed by atoms with Crippen LogP contribution in [0, 0.1) is 18.3 Å². The van der Waals surface area contributed by atoms with Gasteiger partial charge in [-0.3, -0.25) is 9.69 Å². The van der Waals surface area contributed by atoms with E-state index < -0.39 is 0 Å². The largest absolute Gasteiger partial charge is 0.504 e. The molecule has 4 rings (SSSR count). The van der Waals surface area contributed by atoms with E-state index in [1.807, 2.05) is 19.1 Å². The Labute approximate surface area is 180 Å². The van der Waals surface area contributed by atoms with Crippen molar-refractivity contribution in [2.45, 2.75) is 26.2 Å². The molecule has 1 unspecified atom stereocenters. The normalized spacial score (nSPS) is 18.8. The summed E-state index contributed by atoms with van der Waals surface area (Å²) in [5, 5.41) is 20.7. The second-order valence-electron chi connectivity index (χ2n) is 7.31. The molecule has 1 atom stereocenters. The van der Waals surface area contributed by atoms with Gasteiger partial charge in [-0.15, -0.1) is 0 Å². The van der Waals surface area contributed by atoms with Crippen LogP contribution in [0.3, 0.4) is 0 Å². The van der Waals surface area contributed by atoms with Crippen LogP contribution < -0.4 is 9.64 Å². The monoisotopic (exact) mass is 421 g/mol. The fourth-order valence-corrected chi connectivity index (χ4v) is 5.09. The summed E-state index contributed by atoms with van der Waals surface area (Å²) in [4.78, 5) is 17.0. The minimum Gasteiger partial charge on any atom is -0.504 e. The molecule has 1 N–H and O–H groups in total. The molecule has 154 valence electrons. The van der Waals surface area contributed by atoms with Crippen LogP contribution in [0.1, 0.15) is 30.4 Å².